The van der Waals surface area contributed by atoms with Crippen molar-refractivity contribution in [2.24, 2.45) is 0 Å². The van der Waals surface area contributed by atoms with Crippen LogP contribution in [-0.2, 0) is 11.3 Å². The molecule has 0 saturated carbocycles. The molecule has 0 N–H and O–H groups in total. The molecule has 3 heterocycles. The number of ether oxygens (including phenoxy) is 1. The number of hydrogen-bond donors (Lipinski definition) is 0. The molecule has 0 bridgehead atoms. The van der Waals surface area contributed by atoms with Crippen LogP contribution >= 0.6 is 0 Å². The molecule has 0 radical (unpaired) electrons. The highest BCUT2D eigenvalue weighted by molar-refractivity contribution is 5.78. The lowest BCUT2D eigenvalue weighted by Crippen LogP contribution is -2.38. The van der Waals surface area contributed by atoms with Gasteiger partial charge in [0, 0.05) is 31.2 Å². The van der Waals surface area contributed by atoms with Crippen molar-refractivity contribution in [1.29, 1.82) is 0 Å². The Morgan fingerprint density at radius 1 is 1.12 bits per heavy atom. The molecule has 4 rings (SSSR count). The van der Waals surface area contributed by atoms with Crippen LogP contribution in [0.25, 0.3) is 10.9 Å². The lowest BCUT2D eigenvalue weighted by molar-refractivity contribution is -0.0353. The Bertz CT molecular complexity index is 832. The fraction of sp³-hybridized carbons (Fsp3) is 0.300. The SMILES string of the molecule is Cc1ccc(C2CN(Cc3ccc4ccccc4n3)CCO2)nc1. The van der Waals surface area contributed by atoms with Gasteiger partial charge in [-0.3, -0.25) is 14.9 Å². The van der Waals surface area contributed by atoms with Gasteiger partial charge < -0.3 is 4.74 Å². The number of morpholine rings is 1. The molecule has 3 aromatic rings. The summed E-state index contributed by atoms with van der Waals surface area (Å²) in [6, 6.07) is 16.7. The average Bonchev–Trinajstić information content (AvgIpc) is 2.62. The number of pyridine rings is 2. The first-order valence-electron chi connectivity index (χ1n) is 8.39. The molecule has 4 heteroatoms. The van der Waals surface area contributed by atoms with Crippen LogP contribution in [0.2, 0.25) is 0 Å². The second-order valence-electron chi connectivity index (χ2n) is 6.35. The summed E-state index contributed by atoms with van der Waals surface area (Å²) in [5.74, 6) is 0. The van der Waals surface area contributed by atoms with E-state index in [-0.39, 0.29) is 6.10 Å². The highest BCUT2D eigenvalue weighted by atomic mass is 16.5. The number of benzene rings is 1. The van der Waals surface area contributed by atoms with E-state index in [0.717, 1.165) is 43.1 Å². The minimum absolute atomic E-state index is 0.0415. The van der Waals surface area contributed by atoms with Gasteiger partial charge in [-0.05, 0) is 30.7 Å². The minimum Gasteiger partial charge on any atom is -0.369 e. The molecule has 1 fully saturated rings. The lowest BCUT2D eigenvalue weighted by atomic mass is 10.1. The van der Waals surface area contributed by atoms with Gasteiger partial charge in [0.2, 0.25) is 0 Å². The number of fused-ring (bicyclic) bond motifs is 1. The topological polar surface area (TPSA) is 38.2 Å². The smallest absolute Gasteiger partial charge is 0.112 e. The summed E-state index contributed by atoms with van der Waals surface area (Å²) in [5.41, 5.74) is 4.34. The van der Waals surface area contributed by atoms with Crippen LogP contribution in [-0.4, -0.2) is 34.6 Å². The monoisotopic (exact) mass is 319 g/mol. The van der Waals surface area contributed by atoms with Crippen molar-refractivity contribution in [1.82, 2.24) is 14.9 Å². The molecule has 1 atom stereocenters. The normalized spacial score (nSPS) is 18.8. The van der Waals surface area contributed by atoms with E-state index < -0.39 is 0 Å². The van der Waals surface area contributed by atoms with E-state index in [9.17, 15) is 0 Å². The predicted octanol–water partition coefficient (Wildman–Crippen LogP) is 3.51. The van der Waals surface area contributed by atoms with Gasteiger partial charge in [0.05, 0.1) is 23.5 Å². The molecular formula is C20H21N3O. The molecular weight excluding hydrogens is 298 g/mol. The third kappa shape index (κ3) is 3.30. The number of aromatic nitrogens is 2. The maximum atomic E-state index is 5.92. The predicted molar refractivity (Wildman–Crippen MR) is 94.7 cm³/mol. The molecule has 1 aliphatic rings. The van der Waals surface area contributed by atoms with Crippen LogP contribution in [0, 0.1) is 6.92 Å². The first-order chi connectivity index (χ1) is 11.8. The van der Waals surface area contributed by atoms with Gasteiger partial charge in [0.1, 0.15) is 6.10 Å². The summed E-state index contributed by atoms with van der Waals surface area (Å²) >= 11 is 0. The molecule has 0 aliphatic carbocycles. The first-order valence-corrected chi connectivity index (χ1v) is 8.39. The Kier molecular flexibility index (Phi) is 4.24. The van der Waals surface area contributed by atoms with E-state index in [1.54, 1.807) is 0 Å². The van der Waals surface area contributed by atoms with Crippen LogP contribution in [0.15, 0.2) is 54.7 Å². The van der Waals surface area contributed by atoms with Crippen molar-refractivity contribution >= 4 is 10.9 Å². The van der Waals surface area contributed by atoms with Crippen molar-refractivity contribution in [3.63, 3.8) is 0 Å². The quantitative estimate of drug-likeness (QED) is 0.740. The van der Waals surface area contributed by atoms with Gasteiger partial charge in [0.15, 0.2) is 0 Å². The van der Waals surface area contributed by atoms with Crippen LogP contribution < -0.4 is 0 Å². The van der Waals surface area contributed by atoms with E-state index >= 15 is 0 Å². The number of hydrogen-bond acceptors (Lipinski definition) is 4. The van der Waals surface area contributed by atoms with Crippen molar-refractivity contribution < 1.29 is 4.74 Å². The van der Waals surface area contributed by atoms with Crippen LogP contribution in [0.1, 0.15) is 23.1 Å². The summed E-state index contributed by atoms with van der Waals surface area (Å²) in [6.07, 6.45) is 1.95. The number of aryl methyl sites for hydroxylation is 1. The Morgan fingerprint density at radius 2 is 2.04 bits per heavy atom. The molecule has 122 valence electrons. The molecule has 0 spiro atoms. The minimum atomic E-state index is 0.0415. The Labute approximate surface area is 142 Å². The fourth-order valence-electron chi connectivity index (χ4n) is 3.12. The standard InChI is InChI=1S/C20H21N3O/c1-15-6-9-19(21-12-15)20-14-23(10-11-24-20)13-17-8-7-16-4-2-3-5-18(16)22-17/h2-9,12,20H,10-11,13-14H2,1H3. The summed E-state index contributed by atoms with van der Waals surface area (Å²) < 4.78 is 5.92. The summed E-state index contributed by atoms with van der Waals surface area (Å²) in [5, 5.41) is 1.19. The second-order valence-corrected chi connectivity index (χ2v) is 6.35. The Balaban J connectivity index is 1.48. The summed E-state index contributed by atoms with van der Waals surface area (Å²) in [6.45, 7) is 5.40. The van der Waals surface area contributed by atoms with Gasteiger partial charge in [-0.15, -0.1) is 0 Å². The van der Waals surface area contributed by atoms with Gasteiger partial charge in [0.25, 0.3) is 0 Å². The molecule has 24 heavy (non-hydrogen) atoms. The highest BCUT2D eigenvalue weighted by Gasteiger charge is 2.23. The van der Waals surface area contributed by atoms with Crippen molar-refractivity contribution in [2.75, 3.05) is 19.7 Å². The van der Waals surface area contributed by atoms with Crippen molar-refractivity contribution in [3.8, 4) is 0 Å². The number of para-hydroxylation sites is 1. The molecule has 4 nitrogen and oxygen atoms in total. The van der Waals surface area contributed by atoms with Crippen LogP contribution in [0.3, 0.4) is 0 Å². The van der Waals surface area contributed by atoms with Crippen molar-refractivity contribution in [2.45, 2.75) is 19.6 Å². The molecule has 1 aliphatic heterocycles. The van der Waals surface area contributed by atoms with Gasteiger partial charge >= 0.3 is 0 Å². The first kappa shape index (κ1) is 15.2. The Hall–Kier alpha value is -2.30. The van der Waals surface area contributed by atoms with Gasteiger partial charge in [-0.2, -0.15) is 0 Å². The number of rotatable bonds is 3. The van der Waals surface area contributed by atoms with E-state index in [2.05, 4.69) is 53.2 Å². The lowest BCUT2D eigenvalue weighted by Gasteiger charge is -2.32. The summed E-state index contributed by atoms with van der Waals surface area (Å²) in [4.78, 5) is 11.7. The Morgan fingerprint density at radius 3 is 2.92 bits per heavy atom. The van der Waals surface area contributed by atoms with Crippen LogP contribution in [0.4, 0.5) is 0 Å². The van der Waals surface area contributed by atoms with Gasteiger partial charge in [-0.1, -0.05) is 30.3 Å². The van der Waals surface area contributed by atoms with E-state index in [1.165, 1.54) is 10.9 Å². The summed E-state index contributed by atoms with van der Waals surface area (Å²) in [7, 11) is 0. The van der Waals surface area contributed by atoms with Gasteiger partial charge in [-0.25, -0.2) is 0 Å². The highest BCUT2D eigenvalue weighted by Crippen LogP contribution is 2.22. The zero-order chi connectivity index (χ0) is 16.4. The second kappa shape index (κ2) is 6.67. The molecule has 1 saturated heterocycles. The van der Waals surface area contributed by atoms with Crippen molar-refractivity contribution in [3.05, 3.63) is 71.7 Å². The average molecular weight is 319 g/mol. The fourth-order valence-corrected chi connectivity index (χ4v) is 3.12. The van der Waals surface area contributed by atoms with Crippen LogP contribution in [0.5, 0.6) is 0 Å². The largest absolute Gasteiger partial charge is 0.369 e. The third-order valence-electron chi connectivity index (χ3n) is 4.46. The molecule has 1 unspecified atom stereocenters. The molecule has 0 amide bonds. The van der Waals surface area contributed by atoms with E-state index in [1.807, 2.05) is 18.3 Å². The third-order valence-corrected chi connectivity index (χ3v) is 4.46. The molecule has 2 aromatic heterocycles. The maximum absolute atomic E-state index is 5.92. The zero-order valence-electron chi connectivity index (χ0n) is 13.9. The zero-order valence-corrected chi connectivity index (χ0v) is 13.9. The number of nitrogens with zero attached hydrogens (tertiary/aromatic N) is 3. The van der Waals surface area contributed by atoms with E-state index in [4.69, 9.17) is 9.72 Å². The van der Waals surface area contributed by atoms with E-state index in [0.29, 0.717) is 0 Å². The molecule has 1 aromatic carbocycles. The maximum Gasteiger partial charge on any atom is 0.112 e.